The zero-order valence-electron chi connectivity index (χ0n) is 29.3. The highest BCUT2D eigenvalue weighted by Gasteiger charge is 2.35. The van der Waals surface area contributed by atoms with Crippen molar-refractivity contribution in [2.75, 3.05) is 6.61 Å². The van der Waals surface area contributed by atoms with Gasteiger partial charge in [-0.3, -0.25) is 9.59 Å². The van der Waals surface area contributed by atoms with E-state index in [0.717, 1.165) is 38.5 Å². The number of nitrogens with one attached hydrogen (secondary N) is 1. The van der Waals surface area contributed by atoms with Crippen LogP contribution in [0.4, 0.5) is 0 Å². The third-order valence-corrected chi connectivity index (χ3v) is 8.54. The zero-order valence-corrected chi connectivity index (χ0v) is 29.3. The number of unbranched alkanes of at least 4 members (excludes halogenated alkanes) is 20. The first-order chi connectivity index (χ1) is 22.0. The van der Waals surface area contributed by atoms with Crippen molar-refractivity contribution in [3.05, 3.63) is 35.9 Å². The third kappa shape index (κ3) is 21.9. The molecule has 1 amide bonds. The van der Waals surface area contributed by atoms with E-state index in [1.807, 2.05) is 30.3 Å². The number of ether oxygens (including phenoxy) is 2. The van der Waals surface area contributed by atoms with Gasteiger partial charge in [0.2, 0.25) is 5.91 Å². The molecule has 1 rings (SSSR count). The van der Waals surface area contributed by atoms with Crippen molar-refractivity contribution in [1.82, 2.24) is 5.32 Å². The van der Waals surface area contributed by atoms with Gasteiger partial charge in [0.25, 0.3) is 0 Å². The van der Waals surface area contributed by atoms with Crippen LogP contribution in [0.1, 0.15) is 187 Å². The van der Waals surface area contributed by atoms with Crippen LogP contribution in [0, 0.1) is 0 Å². The quantitative estimate of drug-likeness (QED) is 0.0676. The van der Waals surface area contributed by atoms with Gasteiger partial charge in [-0.25, -0.2) is 4.79 Å². The van der Waals surface area contributed by atoms with Crippen molar-refractivity contribution < 1.29 is 23.9 Å². The molecule has 6 heteroatoms. The fourth-order valence-corrected chi connectivity index (χ4v) is 5.79. The average Bonchev–Trinajstić information content (AvgIpc) is 3.04. The minimum atomic E-state index is -1.09. The molecule has 0 fully saturated rings. The topological polar surface area (TPSA) is 81.7 Å². The van der Waals surface area contributed by atoms with Crippen LogP contribution in [-0.4, -0.2) is 30.5 Å². The Balaban J connectivity index is 2.53. The first-order valence-corrected chi connectivity index (χ1v) is 18.7. The van der Waals surface area contributed by atoms with Gasteiger partial charge in [0.15, 0.2) is 12.1 Å². The van der Waals surface area contributed by atoms with Gasteiger partial charge >= 0.3 is 11.9 Å². The molecule has 0 unspecified atom stereocenters. The van der Waals surface area contributed by atoms with Gasteiger partial charge in [-0.15, -0.1) is 0 Å². The van der Waals surface area contributed by atoms with Crippen LogP contribution >= 0.6 is 0 Å². The molecule has 1 aromatic rings. The summed E-state index contributed by atoms with van der Waals surface area (Å²) in [4.78, 5) is 39.0. The molecule has 0 aromatic heterocycles. The molecule has 0 heterocycles. The molecular weight excluding hydrogens is 562 g/mol. The van der Waals surface area contributed by atoms with Gasteiger partial charge in [0, 0.05) is 12.8 Å². The van der Waals surface area contributed by atoms with Crippen LogP contribution in [0.3, 0.4) is 0 Å². The lowest BCUT2D eigenvalue weighted by molar-refractivity contribution is -0.160. The molecule has 0 saturated carbocycles. The lowest BCUT2D eigenvalue weighted by atomic mass is 10.0. The van der Waals surface area contributed by atoms with Crippen LogP contribution in [0.15, 0.2) is 30.3 Å². The van der Waals surface area contributed by atoms with Gasteiger partial charge in [-0.1, -0.05) is 173 Å². The van der Waals surface area contributed by atoms with Crippen molar-refractivity contribution in [2.45, 2.75) is 187 Å². The number of esters is 2. The third-order valence-electron chi connectivity index (χ3n) is 8.54. The van der Waals surface area contributed by atoms with Gasteiger partial charge in [-0.2, -0.15) is 0 Å². The normalized spacial score (nSPS) is 12.4. The summed E-state index contributed by atoms with van der Waals surface area (Å²) in [6.07, 6.45) is 26.2. The summed E-state index contributed by atoms with van der Waals surface area (Å²) in [7, 11) is 0. The highest BCUT2D eigenvalue weighted by Crippen LogP contribution is 2.24. The van der Waals surface area contributed by atoms with Gasteiger partial charge in [0.05, 0.1) is 6.61 Å². The molecule has 6 nitrogen and oxygen atoms in total. The number of hydrogen-bond acceptors (Lipinski definition) is 5. The minimum Gasteiger partial charge on any atom is -0.464 e. The molecule has 2 atom stereocenters. The second kappa shape index (κ2) is 29.1. The highest BCUT2D eigenvalue weighted by molar-refractivity contribution is 5.85. The van der Waals surface area contributed by atoms with Crippen LogP contribution in [-0.2, 0) is 23.9 Å². The summed E-state index contributed by atoms with van der Waals surface area (Å²) < 4.78 is 11.2. The molecule has 1 N–H and O–H groups in total. The Hall–Kier alpha value is -2.37. The summed E-state index contributed by atoms with van der Waals surface area (Å²) in [5, 5.41) is 2.86. The number of benzene rings is 1. The van der Waals surface area contributed by atoms with Gasteiger partial charge in [0.1, 0.15) is 0 Å². The second-order valence-corrected chi connectivity index (χ2v) is 12.7. The van der Waals surface area contributed by atoms with Crippen LogP contribution in [0.5, 0.6) is 0 Å². The Labute approximate surface area is 276 Å². The van der Waals surface area contributed by atoms with E-state index in [-0.39, 0.29) is 18.5 Å². The van der Waals surface area contributed by atoms with Crippen LogP contribution in [0.25, 0.3) is 0 Å². The average molecular weight is 630 g/mol. The summed E-state index contributed by atoms with van der Waals surface area (Å²) in [5.74, 6) is -1.15. The van der Waals surface area contributed by atoms with E-state index in [1.165, 1.54) is 103 Å². The van der Waals surface area contributed by atoms with Crippen molar-refractivity contribution in [2.24, 2.45) is 0 Å². The fraction of sp³-hybridized carbons (Fsp3) is 0.769. The Morgan fingerprint density at radius 1 is 0.578 bits per heavy atom. The SMILES string of the molecule is CCCCCCCCCCCCCC(=O)N[C@@H](C(=O)OCC)[C@@H](OC(=O)CCCCCCCCCCCCC)c1ccccc1. The molecule has 0 aliphatic heterocycles. The van der Waals surface area contributed by atoms with Crippen LogP contribution in [0.2, 0.25) is 0 Å². The first kappa shape index (κ1) is 40.7. The lowest BCUT2D eigenvalue weighted by Crippen LogP contribution is -2.47. The fourth-order valence-electron chi connectivity index (χ4n) is 5.79. The maximum absolute atomic E-state index is 13.1. The summed E-state index contributed by atoms with van der Waals surface area (Å²) >= 11 is 0. The Morgan fingerprint density at radius 3 is 1.44 bits per heavy atom. The van der Waals surface area contributed by atoms with E-state index < -0.39 is 18.1 Å². The number of rotatable bonds is 30. The predicted molar refractivity (Wildman–Crippen MR) is 186 cm³/mol. The second-order valence-electron chi connectivity index (χ2n) is 12.7. The smallest absolute Gasteiger partial charge is 0.332 e. The standard InChI is InChI=1S/C39H67NO5/c1-4-7-9-11-13-15-17-19-21-23-28-32-35(41)40-37(39(43)44-6-3)38(34-30-26-25-27-31-34)45-36(42)33-29-24-22-20-18-16-14-12-10-8-5-2/h25-27,30-31,37-38H,4-24,28-29,32-33H2,1-3H3,(H,40,41)/t37-,38+/m1/s1. The van der Waals surface area contributed by atoms with E-state index in [9.17, 15) is 14.4 Å². The molecule has 0 aliphatic carbocycles. The van der Waals surface area contributed by atoms with E-state index in [1.54, 1.807) is 6.92 Å². The first-order valence-electron chi connectivity index (χ1n) is 18.7. The molecule has 0 spiro atoms. The van der Waals surface area contributed by atoms with Crippen molar-refractivity contribution >= 4 is 17.8 Å². The molecule has 45 heavy (non-hydrogen) atoms. The molecule has 0 bridgehead atoms. The summed E-state index contributed by atoms with van der Waals surface area (Å²) in [6.45, 7) is 6.40. The molecule has 1 aromatic carbocycles. The van der Waals surface area contributed by atoms with E-state index >= 15 is 0 Å². The summed E-state index contributed by atoms with van der Waals surface area (Å²) in [5.41, 5.74) is 0.665. The monoisotopic (exact) mass is 630 g/mol. The van der Waals surface area contributed by atoms with E-state index in [2.05, 4.69) is 19.2 Å². The maximum Gasteiger partial charge on any atom is 0.332 e. The van der Waals surface area contributed by atoms with Crippen LogP contribution < -0.4 is 5.32 Å². The molecule has 0 aliphatic rings. The number of amides is 1. The Kier molecular flexibility index (Phi) is 26.3. The predicted octanol–water partition coefficient (Wildman–Crippen LogP) is 10.7. The molecule has 258 valence electrons. The van der Waals surface area contributed by atoms with Crippen molar-refractivity contribution in [3.8, 4) is 0 Å². The summed E-state index contributed by atoms with van der Waals surface area (Å²) in [6, 6.07) is 8.11. The maximum atomic E-state index is 13.1. The number of hydrogen-bond donors (Lipinski definition) is 1. The van der Waals surface area contributed by atoms with E-state index in [0.29, 0.717) is 18.4 Å². The zero-order chi connectivity index (χ0) is 32.8. The molecular formula is C39H67NO5. The largest absolute Gasteiger partial charge is 0.464 e. The van der Waals surface area contributed by atoms with Crippen molar-refractivity contribution in [1.29, 1.82) is 0 Å². The van der Waals surface area contributed by atoms with Crippen molar-refractivity contribution in [3.63, 3.8) is 0 Å². The molecule has 0 radical (unpaired) electrons. The minimum absolute atomic E-state index is 0.179. The number of carbonyl (C=O) groups is 3. The lowest BCUT2D eigenvalue weighted by Gasteiger charge is -2.27. The Morgan fingerprint density at radius 2 is 1.00 bits per heavy atom. The van der Waals surface area contributed by atoms with Gasteiger partial charge < -0.3 is 14.8 Å². The van der Waals surface area contributed by atoms with Gasteiger partial charge in [-0.05, 0) is 25.3 Å². The van der Waals surface area contributed by atoms with E-state index in [4.69, 9.17) is 9.47 Å². The highest BCUT2D eigenvalue weighted by atomic mass is 16.6. The molecule has 0 saturated heterocycles. The Bertz CT molecular complexity index is 858. The number of carbonyl (C=O) groups excluding carboxylic acids is 3.